The molecule has 0 aliphatic rings. The van der Waals surface area contributed by atoms with E-state index in [1.54, 1.807) is 6.07 Å². The third-order valence-electron chi connectivity index (χ3n) is 3.25. The van der Waals surface area contributed by atoms with Crippen LogP contribution in [0.1, 0.15) is 27.0 Å². The van der Waals surface area contributed by atoms with Gasteiger partial charge in [0, 0.05) is 11.6 Å². The average molecular weight is 285 g/mol. The zero-order chi connectivity index (χ0) is 15.6. The smallest absolute Gasteiger partial charge is 0.344 e. The van der Waals surface area contributed by atoms with Crippen molar-refractivity contribution in [3.05, 3.63) is 68.8 Å². The number of benzene rings is 2. The van der Waals surface area contributed by atoms with Crippen LogP contribution in [-0.2, 0) is 0 Å². The molecular formula is C16H15NO4. The molecule has 108 valence electrons. The van der Waals surface area contributed by atoms with Gasteiger partial charge >= 0.3 is 5.97 Å². The van der Waals surface area contributed by atoms with Gasteiger partial charge in [-0.1, -0.05) is 23.8 Å². The lowest BCUT2D eigenvalue weighted by molar-refractivity contribution is -0.385. The van der Waals surface area contributed by atoms with Crippen molar-refractivity contribution in [2.24, 2.45) is 0 Å². The lowest BCUT2D eigenvalue weighted by Gasteiger charge is -2.09. The zero-order valence-corrected chi connectivity index (χ0v) is 12.0. The molecule has 5 nitrogen and oxygen atoms in total. The van der Waals surface area contributed by atoms with Crippen LogP contribution in [0.25, 0.3) is 0 Å². The summed E-state index contributed by atoms with van der Waals surface area (Å²) in [5.41, 5.74) is 2.32. The monoisotopic (exact) mass is 285 g/mol. The highest BCUT2D eigenvalue weighted by Crippen LogP contribution is 2.24. The normalized spacial score (nSPS) is 10.2. The lowest BCUT2D eigenvalue weighted by Crippen LogP contribution is -2.12. The van der Waals surface area contributed by atoms with Gasteiger partial charge in [0.1, 0.15) is 5.75 Å². The van der Waals surface area contributed by atoms with Crippen molar-refractivity contribution in [1.29, 1.82) is 0 Å². The average Bonchev–Trinajstić information content (AvgIpc) is 2.41. The standard InChI is InChI=1S/C16H15NO4/c1-10-7-8-15(11(2)9-10)21-16(18)13-5-4-6-14(12(13)3)17(19)20/h4-9H,1-3H3. The Morgan fingerprint density at radius 3 is 2.48 bits per heavy atom. The van der Waals surface area contributed by atoms with Crippen molar-refractivity contribution >= 4 is 11.7 Å². The molecule has 2 aromatic rings. The SMILES string of the molecule is Cc1ccc(OC(=O)c2cccc([N+](=O)[O-])c2C)c(C)c1. The van der Waals surface area contributed by atoms with Crippen LogP contribution < -0.4 is 4.74 Å². The first kappa shape index (κ1) is 14.7. The van der Waals surface area contributed by atoms with Crippen molar-refractivity contribution in [3.8, 4) is 5.75 Å². The van der Waals surface area contributed by atoms with E-state index < -0.39 is 10.9 Å². The Bertz CT molecular complexity index is 722. The van der Waals surface area contributed by atoms with Crippen LogP contribution >= 0.6 is 0 Å². The Morgan fingerprint density at radius 2 is 1.86 bits per heavy atom. The topological polar surface area (TPSA) is 69.4 Å². The van der Waals surface area contributed by atoms with Crippen LogP contribution in [0.3, 0.4) is 0 Å². The molecule has 0 aliphatic carbocycles. The number of carbonyl (C=O) groups excluding carboxylic acids is 1. The fraction of sp³-hybridized carbons (Fsp3) is 0.188. The number of nitrogens with zero attached hydrogens (tertiary/aromatic N) is 1. The summed E-state index contributed by atoms with van der Waals surface area (Å²) >= 11 is 0. The van der Waals surface area contributed by atoms with Gasteiger partial charge in [-0.25, -0.2) is 4.79 Å². The number of esters is 1. The molecule has 2 aromatic carbocycles. The van der Waals surface area contributed by atoms with Crippen molar-refractivity contribution < 1.29 is 14.5 Å². The van der Waals surface area contributed by atoms with Gasteiger partial charge in [0.25, 0.3) is 5.69 Å². The zero-order valence-electron chi connectivity index (χ0n) is 12.0. The molecule has 0 saturated heterocycles. The summed E-state index contributed by atoms with van der Waals surface area (Å²) in [7, 11) is 0. The second kappa shape index (κ2) is 5.75. The first-order chi connectivity index (χ1) is 9.90. The van der Waals surface area contributed by atoms with E-state index in [-0.39, 0.29) is 11.3 Å². The van der Waals surface area contributed by atoms with E-state index >= 15 is 0 Å². The summed E-state index contributed by atoms with van der Waals surface area (Å²) in [6.45, 7) is 5.33. The van der Waals surface area contributed by atoms with Crippen LogP contribution in [-0.4, -0.2) is 10.9 Å². The molecule has 0 bridgehead atoms. The molecule has 0 radical (unpaired) electrons. The first-order valence-electron chi connectivity index (χ1n) is 6.43. The van der Waals surface area contributed by atoms with Gasteiger partial charge in [-0.3, -0.25) is 10.1 Å². The van der Waals surface area contributed by atoms with Crippen molar-refractivity contribution in [3.63, 3.8) is 0 Å². The number of hydrogen-bond donors (Lipinski definition) is 0. The van der Waals surface area contributed by atoms with Crippen molar-refractivity contribution in [1.82, 2.24) is 0 Å². The third kappa shape index (κ3) is 3.08. The van der Waals surface area contributed by atoms with Gasteiger partial charge in [0.2, 0.25) is 0 Å². The number of carbonyl (C=O) groups is 1. The van der Waals surface area contributed by atoms with Gasteiger partial charge in [0.05, 0.1) is 10.5 Å². The summed E-state index contributed by atoms with van der Waals surface area (Å²) in [5, 5.41) is 10.9. The Morgan fingerprint density at radius 1 is 1.14 bits per heavy atom. The fourth-order valence-corrected chi connectivity index (χ4v) is 2.11. The number of hydrogen-bond acceptors (Lipinski definition) is 4. The minimum absolute atomic E-state index is 0.0925. The number of nitro groups is 1. The van der Waals surface area contributed by atoms with E-state index in [9.17, 15) is 14.9 Å². The summed E-state index contributed by atoms with van der Waals surface area (Å²) < 4.78 is 5.34. The van der Waals surface area contributed by atoms with Gasteiger partial charge in [0.15, 0.2) is 0 Å². The highest BCUT2D eigenvalue weighted by Gasteiger charge is 2.19. The fourth-order valence-electron chi connectivity index (χ4n) is 2.11. The highest BCUT2D eigenvalue weighted by molar-refractivity contribution is 5.93. The molecule has 0 atom stereocenters. The Labute approximate surface area is 122 Å². The molecule has 0 aliphatic heterocycles. The minimum atomic E-state index is -0.594. The number of nitro benzene ring substituents is 1. The van der Waals surface area contributed by atoms with Gasteiger partial charge in [-0.15, -0.1) is 0 Å². The van der Waals surface area contributed by atoms with E-state index in [2.05, 4.69) is 0 Å². The van der Waals surface area contributed by atoms with E-state index in [0.29, 0.717) is 11.3 Å². The van der Waals surface area contributed by atoms with Crippen LogP contribution in [0.5, 0.6) is 5.75 Å². The van der Waals surface area contributed by atoms with Gasteiger partial charge in [-0.05, 0) is 38.5 Å². The lowest BCUT2D eigenvalue weighted by atomic mass is 10.1. The van der Waals surface area contributed by atoms with Gasteiger partial charge < -0.3 is 4.74 Å². The summed E-state index contributed by atoms with van der Waals surface area (Å²) in [4.78, 5) is 22.6. The van der Waals surface area contributed by atoms with E-state index in [4.69, 9.17) is 4.74 Å². The molecule has 0 unspecified atom stereocenters. The molecule has 21 heavy (non-hydrogen) atoms. The second-order valence-electron chi connectivity index (χ2n) is 4.87. The largest absolute Gasteiger partial charge is 0.423 e. The molecule has 0 saturated carbocycles. The van der Waals surface area contributed by atoms with Crippen molar-refractivity contribution in [2.75, 3.05) is 0 Å². The third-order valence-corrected chi connectivity index (χ3v) is 3.25. The Balaban J connectivity index is 2.33. The van der Waals surface area contributed by atoms with E-state index in [1.807, 2.05) is 26.0 Å². The minimum Gasteiger partial charge on any atom is -0.423 e. The number of rotatable bonds is 3. The molecule has 0 amide bonds. The van der Waals surface area contributed by atoms with E-state index in [0.717, 1.165) is 11.1 Å². The second-order valence-corrected chi connectivity index (χ2v) is 4.87. The molecule has 0 spiro atoms. The maximum absolute atomic E-state index is 12.2. The predicted molar refractivity (Wildman–Crippen MR) is 78.7 cm³/mol. The predicted octanol–water partition coefficient (Wildman–Crippen LogP) is 3.74. The number of aryl methyl sites for hydroxylation is 2. The Hall–Kier alpha value is -2.69. The van der Waals surface area contributed by atoms with Gasteiger partial charge in [-0.2, -0.15) is 0 Å². The van der Waals surface area contributed by atoms with Crippen LogP contribution in [0.4, 0.5) is 5.69 Å². The first-order valence-corrected chi connectivity index (χ1v) is 6.43. The number of ether oxygens (including phenoxy) is 1. The molecule has 0 fully saturated rings. The van der Waals surface area contributed by atoms with Crippen molar-refractivity contribution in [2.45, 2.75) is 20.8 Å². The van der Waals surface area contributed by atoms with E-state index in [1.165, 1.54) is 25.1 Å². The van der Waals surface area contributed by atoms with Crippen LogP contribution in [0.2, 0.25) is 0 Å². The molecule has 0 N–H and O–H groups in total. The summed E-state index contributed by atoms with van der Waals surface area (Å²) in [6, 6.07) is 9.83. The molecular weight excluding hydrogens is 270 g/mol. The molecule has 5 heteroatoms. The van der Waals surface area contributed by atoms with Crippen LogP contribution in [0, 0.1) is 30.9 Å². The quantitative estimate of drug-likeness (QED) is 0.373. The summed E-state index contributed by atoms with van der Waals surface area (Å²) in [6.07, 6.45) is 0. The Kier molecular flexibility index (Phi) is 4.03. The molecule has 2 rings (SSSR count). The molecule has 0 aromatic heterocycles. The maximum atomic E-state index is 12.2. The van der Waals surface area contributed by atoms with Crippen LogP contribution in [0.15, 0.2) is 36.4 Å². The maximum Gasteiger partial charge on any atom is 0.344 e. The highest BCUT2D eigenvalue weighted by atomic mass is 16.6. The molecule has 0 heterocycles. The summed E-state index contributed by atoms with van der Waals surface area (Å²) in [5.74, 6) is -0.139.